The Hall–Kier alpha value is -0.240. The number of carbonyl (C=O) groups is 1. The van der Waals surface area contributed by atoms with E-state index in [1.807, 2.05) is 6.92 Å². The molecule has 1 aliphatic rings. The SMILES string of the molecule is C=C(C)C(=O)SC1(CCCCC)CCCCCCC1. The third kappa shape index (κ3) is 6.16. The molecule has 2 heteroatoms. The Balaban J connectivity index is 2.68. The lowest BCUT2D eigenvalue weighted by atomic mass is 9.86. The fourth-order valence-electron chi connectivity index (χ4n) is 2.93. The van der Waals surface area contributed by atoms with Crippen LogP contribution in [0.15, 0.2) is 12.2 Å². The van der Waals surface area contributed by atoms with Crippen LogP contribution in [0.25, 0.3) is 0 Å². The van der Waals surface area contributed by atoms with Crippen LogP contribution < -0.4 is 0 Å². The van der Waals surface area contributed by atoms with Crippen LogP contribution in [0.2, 0.25) is 0 Å². The first-order valence-electron chi connectivity index (χ1n) is 7.98. The highest BCUT2D eigenvalue weighted by Gasteiger charge is 2.33. The molecule has 0 radical (unpaired) electrons. The maximum Gasteiger partial charge on any atom is 0.214 e. The highest BCUT2D eigenvalue weighted by atomic mass is 32.2. The number of unbranched alkanes of at least 4 members (excludes halogenated alkanes) is 2. The Morgan fingerprint density at radius 1 is 1.11 bits per heavy atom. The molecular formula is C17H30OS. The minimum absolute atomic E-state index is 0.214. The van der Waals surface area contributed by atoms with Gasteiger partial charge in [0.1, 0.15) is 0 Å². The van der Waals surface area contributed by atoms with Crippen LogP contribution in [0, 0.1) is 0 Å². The van der Waals surface area contributed by atoms with Crippen molar-refractivity contribution in [3.05, 3.63) is 12.2 Å². The summed E-state index contributed by atoms with van der Waals surface area (Å²) < 4.78 is 0.214. The van der Waals surface area contributed by atoms with Crippen LogP contribution in [0.5, 0.6) is 0 Å². The molecule has 1 rings (SSSR count). The monoisotopic (exact) mass is 282 g/mol. The van der Waals surface area contributed by atoms with E-state index in [0.29, 0.717) is 5.57 Å². The quantitative estimate of drug-likeness (QED) is 0.446. The lowest BCUT2D eigenvalue weighted by molar-refractivity contribution is -0.107. The summed E-state index contributed by atoms with van der Waals surface area (Å²) in [7, 11) is 0. The van der Waals surface area contributed by atoms with Crippen LogP contribution in [0.4, 0.5) is 0 Å². The minimum atomic E-state index is 0.214. The summed E-state index contributed by atoms with van der Waals surface area (Å²) in [5.41, 5.74) is 0.710. The summed E-state index contributed by atoms with van der Waals surface area (Å²) in [6.45, 7) is 7.91. The summed E-state index contributed by atoms with van der Waals surface area (Å²) in [6.07, 6.45) is 14.1. The molecule has 1 aliphatic carbocycles. The van der Waals surface area contributed by atoms with Gasteiger partial charge in [0, 0.05) is 4.75 Å². The molecule has 110 valence electrons. The van der Waals surface area contributed by atoms with Gasteiger partial charge in [0.05, 0.1) is 0 Å². The van der Waals surface area contributed by atoms with Crippen molar-refractivity contribution in [2.45, 2.75) is 89.2 Å². The number of hydrogen-bond donors (Lipinski definition) is 0. The van der Waals surface area contributed by atoms with Crippen molar-refractivity contribution in [2.75, 3.05) is 0 Å². The summed E-state index contributed by atoms with van der Waals surface area (Å²) in [5.74, 6) is 0. The predicted octanol–water partition coefficient (Wildman–Crippen LogP) is 5.89. The first kappa shape index (κ1) is 16.8. The molecular weight excluding hydrogens is 252 g/mol. The summed E-state index contributed by atoms with van der Waals surface area (Å²) in [5, 5.41) is 0.220. The van der Waals surface area contributed by atoms with Gasteiger partial charge >= 0.3 is 0 Å². The van der Waals surface area contributed by atoms with Gasteiger partial charge in [-0.05, 0) is 31.8 Å². The van der Waals surface area contributed by atoms with Crippen LogP contribution in [-0.2, 0) is 4.79 Å². The average molecular weight is 282 g/mol. The second kappa shape index (κ2) is 8.84. The van der Waals surface area contributed by atoms with Gasteiger partial charge in [-0.1, -0.05) is 76.6 Å². The van der Waals surface area contributed by atoms with Gasteiger partial charge < -0.3 is 0 Å². The Kier molecular flexibility index (Phi) is 7.82. The lowest BCUT2D eigenvalue weighted by Gasteiger charge is -2.34. The molecule has 0 heterocycles. The van der Waals surface area contributed by atoms with Crippen LogP contribution in [0.1, 0.15) is 84.5 Å². The summed E-state index contributed by atoms with van der Waals surface area (Å²) in [4.78, 5) is 12.1. The molecule has 0 aliphatic heterocycles. The number of carbonyl (C=O) groups excluding carboxylic acids is 1. The van der Waals surface area contributed by atoms with Crippen LogP contribution in [-0.4, -0.2) is 9.86 Å². The van der Waals surface area contributed by atoms with Gasteiger partial charge in [-0.15, -0.1) is 0 Å². The van der Waals surface area contributed by atoms with Gasteiger partial charge in [-0.25, -0.2) is 0 Å². The van der Waals surface area contributed by atoms with E-state index in [-0.39, 0.29) is 9.86 Å². The van der Waals surface area contributed by atoms with Crippen molar-refractivity contribution in [3.8, 4) is 0 Å². The molecule has 0 saturated heterocycles. The summed E-state index contributed by atoms with van der Waals surface area (Å²) in [6, 6.07) is 0. The molecule has 1 saturated carbocycles. The van der Waals surface area contributed by atoms with E-state index in [1.165, 1.54) is 70.6 Å². The second-order valence-corrected chi connectivity index (χ2v) is 7.52. The van der Waals surface area contributed by atoms with Crippen molar-refractivity contribution < 1.29 is 4.79 Å². The number of hydrogen-bond acceptors (Lipinski definition) is 2. The Morgan fingerprint density at radius 3 is 2.21 bits per heavy atom. The molecule has 0 bridgehead atoms. The van der Waals surface area contributed by atoms with Gasteiger partial charge in [-0.3, -0.25) is 4.79 Å². The van der Waals surface area contributed by atoms with Gasteiger partial charge in [0.15, 0.2) is 0 Å². The van der Waals surface area contributed by atoms with Crippen molar-refractivity contribution in [1.29, 1.82) is 0 Å². The fourth-order valence-corrected chi connectivity index (χ4v) is 4.24. The average Bonchev–Trinajstić information content (AvgIpc) is 2.34. The van der Waals surface area contributed by atoms with Gasteiger partial charge in [0.2, 0.25) is 5.12 Å². The van der Waals surface area contributed by atoms with E-state index < -0.39 is 0 Å². The molecule has 1 nitrogen and oxygen atoms in total. The third-order valence-electron chi connectivity index (χ3n) is 4.16. The Bertz CT molecular complexity index is 288. The van der Waals surface area contributed by atoms with Gasteiger partial charge in [0.25, 0.3) is 0 Å². The minimum Gasteiger partial charge on any atom is -0.282 e. The zero-order chi connectivity index (χ0) is 14.1. The van der Waals surface area contributed by atoms with E-state index in [2.05, 4.69) is 13.5 Å². The van der Waals surface area contributed by atoms with Gasteiger partial charge in [-0.2, -0.15) is 0 Å². The van der Waals surface area contributed by atoms with E-state index in [0.717, 1.165) is 0 Å². The lowest BCUT2D eigenvalue weighted by Crippen LogP contribution is -2.28. The molecule has 0 N–H and O–H groups in total. The molecule has 0 atom stereocenters. The normalized spacial score (nSPS) is 19.5. The molecule has 0 unspecified atom stereocenters. The molecule has 0 aromatic heterocycles. The van der Waals surface area contributed by atoms with Crippen molar-refractivity contribution in [3.63, 3.8) is 0 Å². The largest absolute Gasteiger partial charge is 0.282 e. The first-order valence-corrected chi connectivity index (χ1v) is 8.80. The van der Waals surface area contributed by atoms with Crippen molar-refractivity contribution in [2.24, 2.45) is 0 Å². The molecule has 1 fully saturated rings. The maximum atomic E-state index is 12.1. The fraction of sp³-hybridized carbons (Fsp3) is 0.824. The first-order chi connectivity index (χ1) is 9.09. The van der Waals surface area contributed by atoms with Crippen molar-refractivity contribution >= 4 is 16.9 Å². The molecule has 0 spiro atoms. The Morgan fingerprint density at radius 2 is 1.68 bits per heavy atom. The van der Waals surface area contributed by atoms with E-state index in [1.54, 1.807) is 11.8 Å². The number of rotatable bonds is 6. The molecule has 0 aromatic carbocycles. The molecule has 0 aromatic rings. The van der Waals surface area contributed by atoms with E-state index in [9.17, 15) is 4.79 Å². The third-order valence-corrected chi connectivity index (χ3v) is 5.74. The predicted molar refractivity (Wildman–Crippen MR) is 86.6 cm³/mol. The second-order valence-electron chi connectivity index (χ2n) is 6.08. The maximum absolute atomic E-state index is 12.1. The molecule has 0 amide bonds. The highest BCUT2D eigenvalue weighted by molar-refractivity contribution is 8.15. The number of thioether (sulfide) groups is 1. The smallest absolute Gasteiger partial charge is 0.214 e. The molecule has 19 heavy (non-hydrogen) atoms. The standard InChI is InChI=1S/C17H30OS/c1-4-5-9-12-17(19-16(18)15(2)3)13-10-7-6-8-11-14-17/h2,4-14H2,1,3H3. The van der Waals surface area contributed by atoms with E-state index in [4.69, 9.17) is 0 Å². The van der Waals surface area contributed by atoms with Crippen molar-refractivity contribution in [1.82, 2.24) is 0 Å². The van der Waals surface area contributed by atoms with E-state index >= 15 is 0 Å². The summed E-state index contributed by atoms with van der Waals surface area (Å²) >= 11 is 1.61. The Labute approximate surface area is 123 Å². The van der Waals surface area contributed by atoms with Crippen LogP contribution in [0.3, 0.4) is 0 Å². The highest BCUT2D eigenvalue weighted by Crippen LogP contribution is 2.43. The van der Waals surface area contributed by atoms with Crippen LogP contribution >= 0.6 is 11.8 Å². The zero-order valence-corrected chi connectivity index (χ0v) is 13.6. The topological polar surface area (TPSA) is 17.1 Å². The zero-order valence-electron chi connectivity index (χ0n) is 12.8.